The SMILES string of the molecule is C=C(N)Sc1c(F)ccc(-c2c(C(F)(F)F)cc3c(N(CC)C4CCN(C(C)=O)C4C)nc(OCC45CCCN4CC(F)C5)nc3c2F)c1C#N. The summed E-state index contributed by atoms with van der Waals surface area (Å²) in [5, 5.41) is 9.63. The van der Waals surface area contributed by atoms with Gasteiger partial charge in [-0.05, 0) is 57.9 Å². The summed E-state index contributed by atoms with van der Waals surface area (Å²) >= 11 is 0.533. The van der Waals surface area contributed by atoms with Crippen molar-refractivity contribution in [2.24, 2.45) is 5.73 Å². The highest BCUT2D eigenvalue weighted by atomic mass is 32.2. The summed E-state index contributed by atoms with van der Waals surface area (Å²) in [6, 6.07) is 3.11. The van der Waals surface area contributed by atoms with Crippen molar-refractivity contribution in [2.45, 2.75) is 81.3 Å². The Morgan fingerprint density at radius 1 is 1.27 bits per heavy atom. The van der Waals surface area contributed by atoms with Crippen molar-refractivity contribution in [3.05, 3.63) is 52.6 Å². The van der Waals surface area contributed by atoms with Crippen molar-refractivity contribution in [3.8, 4) is 23.2 Å². The van der Waals surface area contributed by atoms with Crippen molar-refractivity contribution in [3.63, 3.8) is 0 Å². The third-order valence-electron chi connectivity index (χ3n) is 10.3. The number of hydrogen-bond donors (Lipinski definition) is 1. The van der Waals surface area contributed by atoms with Crippen LogP contribution in [0.3, 0.4) is 0 Å². The molecule has 9 nitrogen and oxygen atoms in total. The van der Waals surface area contributed by atoms with Crippen LogP contribution in [0.4, 0.5) is 32.2 Å². The molecule has 51 heavy (non-hydrogen) atoms. The van der Waals surface area contributed by atoms with Crippen molar-refractivity contribution in [2.75, 3.05) is 37.7 Å². The fourth-order valence-electron chi connectivity index (χ4n) is 8.04. The van der Waals surface area contributed by atoms with Gasteiger partial charge in [0.25, 0.3) is 0 Å². The molecule has 0 radical (unpaired) electrons. The molecule has 2 aromatic carbocycles. The van der Waals surface area contributed by atoms with Gasteiger partial charge in [0.2, 0.25) is 5.91 Å². The number of carbonyl (C=O) groups excluding carboxylic acids is 1. The molecule has 0 spiro atoms. The summed E-state index contributed by atoms with van der Waals surface area (Å²) in [7, 11) is 0. The van der Waals surface area contributed by atoms with Crippen LogP contribution in [0, 0.1) is 23.0 Å². The average Bonchev–Trinajstić information content (AvgIpc) is 3.72. The van der Waals surface area contributed by atoms with Gasteiger partial charge in [-0.3, -0.25) is 9.69 Å². The van der Waals surface area contributed by atoms with Gasteiger partial charge in [0.05, 0.1) is 32.6 Å². The summed E-state index contributed by atoms with van der Waals surface area (Å²) in [6.07, 6.45) is -4.05. The van der Waals surface area contributed by atoms with Crippen LogP contribution in [0.15, 0.2) is 34.7 Å². The van der Waals surface area contributed by atoms with Gasteiger partial charge in [-0.2, -0.15) is 28.4 Å². The standard InChI is InChI=1S/C35H37F6N7O2S/c1-5-47(27-9-12-48(18(27)2)20(4)49)32-23-13-25(35(39,40)41)28(22-7-8-26(37)31(24(22)15-42)51-19(3)43)29(38)30(23)44-33(45-32)50-17-34-10-6-11-46(34)16-21(36)14-34/h7-8,13,18,21,27H,3,5-6,9-12,14,16-17,43H2,1-2,4H3. The number of hydrogen-bond acceptors (Lipinski definition) is 9. The number of rotatable bonds is 9. The van der Waals surface area contributed by atoms with Gasteiger partial charge in [0.15, 0.2) is 5.82 Å². The van der Waals surface area contributed by atoms with Gasteiger partial charge in [0, 0.05) is 55.5 Å². The Morgan fingerprint density at radius 2 is 2.02 bits per heavy atom. The molecule has 272 valence electrons. The maximum atomic E-state index is 17.1. The minimum Gasteiger partial charge on any atom is -0.461 e. The number of halogens is 6. The number of thioether (sulfide) groups is 1. The predicted octanol–water partition coefficient (Wildman–Crippen LogP) is 6.78. The molecule has 0 bridgehead atoms. The van der Waals surface area contributed by atoms with E-state index in [0.717, 1.165) is 24.6 Å². The van der Waals surface area contributed by atoms with E-state index in [0.29, 0.717) is 37.7 Å². The monoisotopic (exact) mass is 733 g/mol. The summed E-state index contributed by atoms with van der Waals surface area (Å²) in [4.78, 5) is 26.2. The molecule has 3 fully saturated rings. The fraction of sp³-hybridized carbons (Fsp3) is 0.486. The number of fused-ring (bicyclic) bond motifs is 2. The predicted molar refractivity (Wildman–Crippen MR) is 181 cm³/mol. The molecule has 4 atom stereocenters. The smallest absolute Gasteiger partial charge is 0.417 e. The number of ether oxygens (including phenoxy) is 1. The highest BCUT2D eigenvalue weighted by Crippen LogP contribution is 2.47. The highest BCUT2D eigenvalue weighted by molar-refractivity contribution is 8.03. The van der Waals surface area contributed by atoms with E-state index in [1.54, 1.807) is 22.8 Å². The van der Waals surface area contributed by atoms with Crippen LogP contribution in [0.1, 0.15) is 57.6 Å². The number of likely N-dealkylation sites (N-methyl/N-ethyl adjacent to an activating group) is 1. The van der Waals surface area contributed by atoms with Crippen molar-refractivity contribution < 1.29 is 35.9 Å². The van der Waals surface area contributed by atoms with Crippen LogP contribution in [-0.4, -0.2) is 82.3 Å². The molecule has 6 rings (SSSR count). The minimum absolute atomic E-state index is 0.0301. The molecule has 4 unspecified atom stereocenters. The van der Waals surface area contributed by atoms with Crippen LogP contribution in [0.2, 0.25) is 0 Å². The van der Waals surface area contributed by atoms with Crippen LogP contribution >= 0.6 is 11.8 Å². The summed E-state index contributed by atoms with van der Waals surface area (Å²) in [5.41, 5.74) is 0.953. The number of nitriles is 1. The number of anilines is 1. The zero-order valence-electron chi connectivity index (χ0n) is 28.3. The lowest BCUT2D eigenvalue weighted by molar-refractivity contribution is -0.137. The molecule has 0 saturated carbocycles. The first-order valence-corrected chi connectivity index (χ1v) is 17.4. The molecule has 1 amide bonds. The lowest BCUT2D eigenvalue weighted by Crippen LogP contribution is -2.45. The largest absolute Gasteiger partial charge is 0.461 e. The Labute approximate surface area is 295 Å². The molecule has 3 aliphatic heterocycles. The van der Waals surface area contributed by atoms with Crippen LogP contribution in [-0.2, 0) is 11.0 Å². The lowest BCUT2D eigenvalue weighted by atomic mass is 9.92. The number of amides is 1. The number of carbonyl (C=O) groups is 1. The van der Waals surface area contributed by atoms with Gasteiger partial charge < -0.3 is 20.3 Å². The second-order valence-corrected chi connectivity index (χ2v) is 14.4. The molecule has 2 N–H and O–H groups in total. The van der Waals surface area contributed by atoms with E-state index < -0.39 is 68.2 Å². The topological polar surface area (TPSA) is 112 Å². The van der Waals surface area contributed by atoms with E-state index >= 15 is 4.39 Å². The zero-order chi connectivity index (χ0) is 37.0. The Balaban J connectivity index is 1.59. The Kier molecular flexibility index (Phi) is 9.83. The number of likely N-dealkylation sites (tertiary alicyclic amines) is 1. The number of alkyl halides is 4. The minimum atomic E-state index is -5.15. The molecule has 3 aliphatic rings. The Bertz CT molecular complexity index is 1940. The zero-order valence-corrected chi connectivity index (χ0v) is 29.1. The number of nitrogens with two attached hydrogens (primary N) is 1. The molecular weight excluding hydrogens is 696 g/mol. The average molecular weight is 734 g/mol. The molecule has 1 aromatic heterocycles. The van der Waals surface area contributed by atoms with Gasteiger partial charge in [0.1, 0.15) is 36.0 Å². The summed E-state index contributed by atoms with van der Waals surface area (Å²) in [6.45, 7) is 10.0. The third kappa shape index (κ3) is 6.54. The molecule has 16 heteroatoms. The van der Waals surface area contributed by atoms with Crippen LogP contribution in [0.5, 0.6) is 6.01 Å². The van der Waals surface area contributed by atoms with Crippen molar-refractivity contribution in [1.29, 1.82) is 5.26 Å². The van der Waals surface area contributed by atoms with E-state index in [-0.39, 0.29) is 60.3 Å². The van der Waals surface area contributed by atoms with Gasteiger partial charge in [-0.15, -0.1) is 0 Å². The first-order valence-electron chi connectivity index (χ1n) is 16.6. The van der Waals surface area contributed by atoms with E-state index in [1.165, 1.54) is 6.92 Å². The van der Waals surface area contributed by atoms with E-state index in [1.807, 2.05) is 11.8 Å². The highest BCUT2D eigenvalue weighted by Gasteiger charge is 2.49. The van der Waals surface area contributed by atoms with Crippen LogP contribution in [0.25, 0.3) is 22.0 Å². The number of nitrogens with zero attached hydrogens (tertiary/aromatic N) is 6. The molecule has 0 aliphatic carbocycles. The Morgan fingerprint density at radius 3 is 2.65 bits per heavy atom. The normalized spacial score (nSPS) is 23.5. The van der Waals surface area contributed by atoms with Crippen molar-refractivity contribution >= 4 is 34.4 Å². The Hall–Kier alpha value is -4.23. The molecule has 3 aromatic rings. The van der Waals surface area contributed by atoms with Crippen LogP contribution < -0.4 is 15.4 Å². The summed E-state index contributed by atoms with van der Waals surface area (Å²) < 4.78 is 97.7. The molecular formula is C35H37F6N7O2S. The first-order chi connectivity index (χ1) is 24.1. The number of aromatic nitrogens is 2. The first kappa shape index (κ1) is 36.6. The van der Waals surface area contributed by atoms with Crippen molar-refractivity contribution in [1.82, 2.24) is 19.8 Å². The second kappa shape index (κ2) is 13.7. The van der Waals surface area contributed by atoms with E-state index in [2.05, 4.69) is 16.5 Å². The fourth-order valence-corrected chi connectivity index (χ4v) is 8.73. The van der Waals surface area contributed by atoms with Gasteiger partial charge in [-0.1, -0.05) is 18.3 Å². The maximum absolute atomic E-state index is 17.1. The molecule has 4 heterocycles. The second-order valence-electron chi connectivity index (χ2n) is 13.3. The third-order valence-corrected chi connectivity index (χ3v) is 11.1. The molecule has 3 saturated heterocycles. The van der Waals surface area contributed by atoms with E-state index in [4.69, 9.17) is 10.5 Å². The van der Waals surface area contributed by atoms with Gasteiger partial charge in [-0.25, -0.2) is 13.2 Å². The summed E-state index contributed by atoms with van der Waals surface area (Å²) in [5.74, 6) is -2.58. The van der Waals surface area contributed by atoms with Gasteiger partial charge >= 0.3 is 12.2 Å². The number of benzene rings is 2. The lowest BCUT2D eigenvalue weighted by Gasteiger charge is -2.34. The quantitative estimate of drug-likeness (QED) is 0.188. The van der Waals surface area contributed by atoms with E-state index in [9.17, 15) is 32.0 Å². The maximum Gasteiger partial charge on any atom is 0.417 e.